The molecule has 1 saturated carbocycles. The second kappa shape index (κ2) is 8.28. The van der Waals surface area contributed by atoms with Crippen LogP contribution in [-0.4, -0.2) is 26.3 Å². The van der Waals surface area contributed by atoms with Crippen molar-refractivity contribution in [2.45, 2.75) is 64.0 Å². The normalized spacial score (nSPS) is 18.0. The van der Waals surface area contributed by atoms with Crippen molar-refractivity contribution in [3.8, 4) is 11.5 Å². The Morgan fingerprint density at radius 3 is 2.33 bits per heavy atom. The van der Waals surface area contributed by atoms with Gasteiger partial charge >= 0.3 is 0 Å². The van der Waals surface area contributed by atoms with E-state index in [4.69, 9.17) is 9.47 Å². The van der Waals surface area contributed by atoms with Crippen molar-refractivity contribution in [1.29, 1.82) is 0 Å². The number of nitrogens with one attached hydrogen (secondary N) is 1. The molecule has 1 N–H and O–H groups in total. The van der Waals surface area contributed by atoms with E-state index in [1.807, 2.05) is 6.07 Å². The third kappa shape index (κ3) is 4.92. The molecule has 1 aliphatic carbocycles. The smallest absolute Gasteiger partial charge is 0.160 e. The molecule has 1 fully saturated rings. The monoisotopic (exact) mass is 291 g/mol. The summed E-state index contributed by atoms with van der Waals surface area (Å²) < 4.78 is 10.7. The van der Waals surface area contributed by atoms with Crippen molar-refractivity contribution in [1.82, 2.24) is 5.32 Å². The molecule has 1 aromatic carbocycles. The summed E-state index contributed by atoms with van der Waals surface area (Å²) in [4.78, 5) is 0. The molecule has 2 rings (SSSR count). The van der Waals surface area contributed by atoms with Crippen LogP contribution >= 0.6 is 0 Å². The molecule has 1 aliphatic rings. The Morgan fingerprint density at radius 1 is 1.05 bits per heavy atom. The second-order valence-electron chi connectivity index (χ2n) is 6.15. The van der Waals surface area contributed by atoms with Crippen molar-refractivity contribution >= 4 is 0 Å². The number of hydrogen-bond acceptors (Lipinski definition) is 3. The van der Waals surface area contributed by atoms with Crippen LogP contribution in [0, 0.1) is 0 Å². The van der Waals surface area contributed by atoms with Gasteiger partial charge in [0.1, 0.15) is 0 Å². The van der Waals surface area contributed by atoms with Crippen LogP contribution in [0.3, 0.4) is 0 Å². The molecule has 0 saturated heterocycles. The highest BCUT2D eigenvalue weighted by atomic mass is 16.5. The quantitative estimate of drug-likeness (QED) is 0.805. The van der Waals surface area contributed by atoms with Crippen molar-refractivity contribution in [3.63, 3.8) is 0 Å². The maximum absolute atomic E-state index is 5.38. The van der Waals surface area contributed by atoms with Gasteiger partial charge in [-0.1, -0.05) is 31.7 Å². The maximum atomic E-state index is 5.38. The van der Waals surface area contributed by atoms with Gasteiger partial charge in [0, 0.05) is 12.1 Å². The van der Waals surface area contributed by atoms with E-state index >= 15 is 0 Å². The molecule has 3 nitrogen and oxygen atoms in total. The summed E-state index contributed by atoms with van der Waals surface area (Å²) in [7, 11) is 3.36. The van der Waals surface area contributed by atoms with Gasteiger partial charge < -0.3 is 14.8 Å². The van der Waals surface area contributed by atoms with Gasteiger partial charge in [-0.05, 0) is 43.9 Å². The van der Waals surface area contributed by atoms with Gasteiger partial charge in [0.2, 0.25) is 0 Å². The summed E-state index contributed by atoms with van der Waals surface area (Å²) in [5.74, 6) is 1.61. The fraction of sp³-hybridized carbons (Fsp3) is 0.667. The van der Waals surface area contributed by atoms with Crippen molar-refractivity contribution in [2.75, 3.05) is 14.2 Å². The Morgan fingerprint density at radius 2 is 1.71 bits per heavy atom. The van der Waals surface area contributed by atoms with E-state index in [0.717, 1.165) is 17.9 Å². The second-order valence-corrected chi connectivity index (χ2v) is 6.15. The van der Waals surface area contributed by atoms with Crippen LogP contribution in [0.15, 0.2) is 18.2 Å². The van der Waals surface area contributed by atoms with Gasteiger partial charge in [-0.2, -0.15) is 0 Å². The minimum atomic E-state index is 0.492. The lowest BCUT2D eigenvalue weighted by atomic mass is 10.0. The predicted molar refractivity (Wildman–Crippen MR) is 87.3 cm³/mol. The zero-order valence-electron chi connectivity index (χ0n) is 13.7. The number of ether oxygens (including phenoxy) is 2. The van der Waals surface area contributed by atoms with Gasteiger partial charge in [0.25, 0.3) is 0 Å². The molecule has 0 aromatic heterocycles. The van der Waals surface area contributed by atoms with E-state index in [-0.39, 0.29) is 0 Å². The minimum Gasteiger partial charge on any atom is -0.493 e. The van der Waals surface area contributed by atoms with Crippen LogP contribution in [0.25, 0.3) is 0 Å². The predicted octanol–water partition coefficient (Wildman–Crippen LogP) is 3.95. The topological polar surface area (TPSA) is 30.5 Å². The molecular weight excluding hydrogens is 262 g/mol. The van der Waals surface area contributed by atoms with E-state index in [1.54, 1.807) is 14.2 Å². The van der Waals surface area contributed by atoms with E-state index in [2.05, 4.69) is 24.4 Å². The van der Waals surface area contributed by atoms with E-state index in [0.29, 0.717) is 12.1 Å². The Hall–Kier alpha value is -1.22. The van der Waals surface area contributed by atoms with Gasteiger partial charge in [0.05, 0.1) is 14.2 Å². The molecule has 0 bridgehead atoms. The first-order valence-electron chi connectivity index (χ1n) is 8.20. The third-order valence-corrected chi connectivity index (χ3v) is 4.37. The molecule has 21 heavy (non-hydrogen) atoms. The molecule has 0 spiro atoms. The zero-order chi connectivity index (χ0) is 15.1. The third-order valence-electron chi connectivity index (χ3n) is 4.37. The first-order chi connectivity index (χ1) is 10.2. The molecule has 0 heterocycles. The number of benzene rings is 1. The van der Waals surface area contributed by atoms with Crippen LogP contribution in [0.4, 0.5) is 0 Å². The number of rotatable bonds is 6. The van der Waals surface area contributed by atoms with Crippen LogP contribution in [0.2, 0.25) is 0 Å². The minimum absolute atomic E-state index is 0.492. The van der Waals surface area contributed by atoms with E-state index in [9.17, 15) is 0 Å². The molecule has 118 valence electrons. The van der Waals surface area contributed by atoms with E-state index in [1.165, 1.54) is 44.1 Å². The van der Waals surface area contributed by atoms with Crippen LogP contribution in [-0.2, 0) is 6.42 Å². The summed E-state index contributed by atoms with van der Waals surface area (Å²) in [6.07, 6.45) is 9.25. The van der Waals surface area contributed by atoms with Crippen LogP contribution in [0.1, 0.15) is 51.0 Å². The molecule has 0 aliphatic heterocycles. The number of hydrogen-bond donors (Lipinski definition) is 1. The number of methoxy groups -OCH3 is 2. The molecular formula is C18H29NO2. The van der Waals surface area contributed by atoms with E-state index < -0.39 is 0 Å². The molecule has 1 unspecified atom stereocenters. The van der Waals surface area contributed by atoms with Gasteiger partial charge in [0.15, 0.2) is 11.5 Å². The Balaban J connectivity index is 1.90. The summed E-state index contributed by atoms with van der Waals surface area (Å²) in [5, 5.41) is 3.80. The van der Waals surface area contributed by atoms with Crippen molar-refractivity contribution in [3.05, 3.63) is 23.8 Å². The summed E-state index contributed by atoms with van der Waals surface area (Å²) in [6, 6.07) is 7.40. The Labute approximate surface area is 129 Å². The summed E-state index contributed by atoms with van der Waals surface area (Å²) >= 11 is 0. The molecule has 0 radical (unpaired) electrons. The standard InChI is InChI=1S/C18H29NO2/c1-14(19-16-8-6-4-5-7-9-16)12-15-10-11-17(20-2)18(13-15)21-3/h10-11,13-14,16,19H,4-9,12H2,1-3H3. The van der Waals surface area contributed by atoms with Crippen molar-refractivity contribution < 1.29 is 9.47 Å². The Kier molecular flexibility index (Phi) is 6.37. The first kappa shape index (κ1) is 16.2. The largest absolute Gasteiger partial charge is 0.493 e. The zero-order valence-corrected chi connectivity index (χ0v) is 13.7. The highest BCUT2D eigenvalue weighted by molar-refractivity contribution is 5.43. The lowest BCUT2D eigenvalue weighted by Crippen LogP contribution is -2.37. The molecule has 0 amide bonds. The van der Waals surface area contributed by atoms with Gasteiger partial charge in [-0.3, -0.25) is 0 Å². The molecule has 1 atom stereocenters. The SMILES string of the molecule is COc1ccc(CC(C)NC2CCCCCC2)cc1OC. The molecule has 1 aromatic rings. The fourth-order valence-corrected chi connectivity index (χ4v) is 3.27. The van der Waals surface area contributed by atoms with Crippen LogP contribution in [0.5, 0.6) is 11.5 Å². The lowest BCUT2D eigenvalue weighted by Gasteiger charge is -2.22. The van der Waals surface area contributed by atoms with Crippen LogP contribution < -0.4 is 14.8 Å². The van der Waals surface area contributed by atoms with Gasteiger partial charge in [-0.25, -0.2) is 0 Å². The Bertz CT molecular complexity index is 425. The highest BCUT2D eigenvalue weighted by Gasteiger charge is 2.15. The van der Waals surface area contributed by atoms with Crippen molar-refractivity contribution in [2.24, 2.45) is 0 Å². The average molecular weight is 291 g/mol. The average Bonchev–Trinajstić information content (AvgIpc) is 2.75. The van der Waals surface area contributed by atoms with Gasteiger partial charge in [-0.15, -0.1) is 0 Å². The lowest BCUT2D eigenvalue weighted by molar-refractivity contribution is 0.354. The maximum Gasteiger partial charge on any atom is 0.160 e. The summed E-state index contributed by atoms with van der Waals surface area (Å²) in [5.41, 5.74) is 1.29. The summed E-state index contributed by atoms with van der Waals surface area (Å²) in [6.45, 7) is 2.28. The first-order valence-corrected chi connectivity index (χ1v) is 8.20. The fourth-order valence-electron chi connectivity index (χ4n) is 3.27. The molecule has 3 heteroatoms. The highest BCUT2D eigenvalue weighted by Crippen LogP contribution is 2.28.